The van der Waals surface area contributed by atoms with E-state index in [9.17, 15) is 4.79 Å². The van der Waals surface area contributed by atoms with Crippen molar-refractivity contribution in [1.29, 1.82) is 0 Å². The molecule has 0 spiro atoms. The van der Waals surface area contributed by atoms with E-state index in [1.807, 2.05) is 24.3 Å². The van der Waals surface area contributed by atoms with Crippen molar-refractivity contribution in [2.24, 2.45) is 0 Å². The fourth-order valence-electron chi connectivity index (χ4n) is 2.51. The first-order valence-electron chi connectivity index (χ1n) is 8.26. The van der Waals surface area contributed by atoms with Gasteiger partial charge in [-0.15, -0.1) is 11.8 Å². The molecule has 0 aliphatic rings. The van der Waals surface area contributed by atoms with Crippen molar-refractivity contribution in [1.82, 2.24) is 5.32 Å². The second kappa shape index (κ2) is 9.97. The topological polar surface area (TPSA) is 56.8 Å². The van der Waals surface area contributed by atoms with Crippen LogP contribution in [0.15, 0.2) is 36.4 Å². The standard InChI is InChI=1S/C20H25NO4S/c1-14-7-5-6-8-16(14)12-26-13-19(22)21-11-15-9-17(23-2)20(25-4)18(10-15)24-3/h5-10H,11-13H2,1-4H3,(H,21,22). The summed E-state index contributed by atoms with van der Waals surface area (Å²) in [6.45, 7) is 2.49. The Morgan fingerprint density at radius 2 is 1.69 bits per heavy atom. The van der Waals surface area contributed by atoms with Gasteiger partial charge < -0.3 is 19.5 Å². The molecule has 2 aromatic rings. The third kappa shape index (κ3) is 5.33. The zero-order valence-electron chi connectivity index (χ0n) is 15.6. The van der Waals surface area contributed by atoms with E-state index in [0.29, 0.717) is 29.5 Å². The highest BCUT2D eigenvalue weighted by molar-refractivity contribution is 7.99. The minimum atomic E-state index is -0.00247. The highest BCUT2D eigenvalue weighted by Gasteiger charge is 2.13. The molecule has 0 atom stereocenters. The van der Waals surface area contributed by atoms with Gasteiger partial charge in [0.05, 0.1) is 27.1 Å². The fourth-order valence-corrected chi connectivity index (χ4v) is 3.45. The molecule has 0 fully saturated rings. The first-order valence-corrected chi connectivity index (χ1v) is 9.42. The zero-order chi connectivity index (χ0) is 18.9. The van der Waals surface area contributed by atoms with Crippen LogP contribution in [0.4, 0.5) is 0 Å². The monoisotopic (exact) mass is 375 g/mol. The Kier molecular flexibility index (Phi) is 7.66. The molecule has 0 radical (unpaired) electrons. The van der Waals surface area contributed by atoms with Gasteiger partial charge in [0.1, 0.15) is 0 Å². The van der Waals surface area contributed by atoms with Crippen molar-refractivity contribution in [3.8, 4) is 17.2 Å². The van der Waals surface area contributed by atoms with E-state index in [2.05, 4.69) is 24.4 Å². The number of carbonyl (C=O) groups excluding carboxylic acids is 1. The van der Waals surface area contributed by atoms with Gasteiger partial charge in [0.25, 0.3) is 0 Å². The lowest BCUT2D eigenvalue weighted by Gasteiger charge is -2.14. The molecule has 0 aliphatic heterocycles. The molecule has 6 heteroatoms. The van der Waals surface area contributed by atoms with Gasteiger partial charge in [0, 0.05) is 12.3 Å². The summed E-state index contributed by atoms with van der Waals surface area (Å²) in [7, 11) is 4.71. The van der Waals surface area contributed by atoms with Gasteiger partial charge in [-0.05, 0) is 35.7 Å². The van der Waals surface area contributed by atoms with Gasteiger partial charge in [-0.25, -0.2) is 0 Å². The van der Waals surface area contributed by atoms with E-state index >= 15 is 0 Å². The van der Waals surface area contributed by atoms with Crippen LogP contribution >= 0.6 is 11.8 Å². The highest BCUT2D eigenvalue weighted by Crippen LogP contribution is 2.38. The van der Waals surface area contributed by atoms with Gasteiger partial charge >= 0.3 is 0 Å². The minimum absolute atomic E-state index is 0.00247. The van der Waals surface area contributed by atoms with Gasteiger partial charge in [-0.3, -0.25) is 4.79 Å². The number of ether oxygens (including phenoxy) is 3. The van der Waals surface area contributed by atoms with Crippen molar-refractivity contribution in [2.75, 3.05) is 27.1 Å². The van der Waals surface area contributed by atoms with Crippen LogP contribution in [0.5, 0.6) is 17.2 Å². The molecular formula is C20H25NO4S. The Morgan fingerprint density at radius 3 is 2.27 bits per heavy atom. The van der Waals surface area contributed by atoms with Gasteiger partial charge in [0.15, 0.2) is 11.5 Å². The fraction of sp³-hybridized carbons (Fsp3) is 0.350. The molecule has 26 heavy (non-hydrogen) atoms. The Labute approximate surface area is 159 Å². The first kappa shape index (κ1) is 20.0. The normalized spacial score (nSPS) is 10.3. The molecule has 0 aromatic heterocycles. The number of aryl methyl sites for hydroxylation is 1. The number of amides is 1. The van der Waals surface area contributed by atoms with E-state index < -0.39 is 0 Å². The Morgan fingerprint density at radius 1 is 1.04 bits per heavy atom. The molecule has 1 amide bonds. The summed E-state index contributed by atoms with van der Waals surface area (Å²) in [6, 6.07) is 11.9. The summed E-state index contributed by atoms with van der Waals surface area (Å²) in [4.78, 5) is 12.1. The minimum Gasteiger partial charge on any atom is -0.493 e. The maximum absolute atomic E-state index is 12.1. The molecule has 1 N–H and O–H groups in total. The lowest BCUT2D eigenvalue weighted by molar-refractivity contribution is -0.118. The van der Waals surface area contributed by atoms with Crippen LogP contribution in [0.25, 0.3) is 0 Å². The molecule has 0 heterocycles. The number of benzene rings is 2. The van der Waals surface area contributed by atoms with Crippen LogP contribution in [0.1, 0.15) is 16.7 Å². The van der Waals surface area contributed by atoms with Crippen molar-refractivity contribution >= 4 is 17.7 Å². The van der Waals surface area contributed by atoms with Crippen LogP contribution in [-0.4, -0.2) is 33.0 Å². The predicted octanol–water partition coefficient (Wildman–Crippen LogP) is 3.57. The second-order valence-corrected chi connectivity index (χ2v) is 6.72. The van der Waals surface area contributed by atoms with Gasteiger partial charge in [-0.1, -0.05) is 24.3 Å². The van der Waals surface area contributed by atoms with Crippen molar-refractivity contribution < 1.29 is 19.0 Å². The Balaban J connectivity index is 1.88. The van der Waals surface area contributed by atoms with Crippen LogP contribution in [0.3, 0.4) is 0 Å². The van der Waals surface area contributed by atoms with E-state index in [1.165, 1.54) is 11.1 Å². The molecular weight excluding hydrogens is 350 g/mol. The SMILES string of the molecule is COc1cc(CNC(=O)CSCc2ccccc2C)cc(OC)c1OC. The lowest BCUT2D eigenvalue weighted by Crippen LogP contribution is -2.24. The summed E-state index contributed by atoms with van der Waals surface area (Å²) in [5.74, 6) is 2.93. The van der Waals surface area contributed by atoms with Crippen LogP contribution in [-0.2, 0) is 17.1 Å². The number of carbonyl (C=O) groups is 1. The number of hydrogen-bond donors (Lipinski definition) is 1. The summed E-state index contributed by atoms with van der Waals surface area (Å²) >= 11 is 1.60. The quantitative estimate of drug-likeness (QED) is 0.726. The molecule has 0 saturated heterocycles. The summed E-state index contributed by atoms with van der Waals surface area (Å²) in [6.07, 6.45) is 0. The van der Waals surface area contributed by atoms with E-state index in [4.69, 9.17) is 14.2 Å². The maximum atomic E-state index is 12.1. The van der Waals surface area contributed by atoms with Gasteiger partial charge in [0.2, 0.25) is 11.7 Å². The number of nitrogens with one attached hydrogen (secondary N) is 1. The number of hydrogen-bond acceptors (Lipinski definition) is 5. The smallest absolute Gasteiger partial charge is 0.230 e. The molecule has 140 valence electrons. The van der Waals surface area contributed by atoms with Crippen LogP contribution < -0.4 is 19.5 Å². The third-order valence-electron chi connectivity index (χ3n) is 3.97. The van der Waals surface area contributed by atoms with Gasteiger partial charge in [-0.2, -0.15) is 0 Å². The number of methoxy groups -OCH3 is 3. The number of thioether (sulfide) groups is 1. The molecule has 2 aromatic carbocycles. The maximum Gasteiger partial charge on any atom is 0.230 e. The van der Waals surface area contributed by atoms with E-state index in [-0.39, 0.29) is 5.91 Å². The molecule has 5 nitrogen and oxygen atoms in total. The first-order chi connectivity index (χ1) is 12.6. The summed E-state index contributed by atoms with van der Waals surface area (Å²) < 4.78 is 16.0. The highest BCUT2D eigenvalue weighted by atomic mass is 32.2. The zero-order valence-corrected chi connectivity index (χ0v) is 16.4. The predicted molar refractivity (Wildman–Crippen MR) is 105 cm³/mol. The average Bonchev–Trinajstić information content (AvgIpc) is 2.66. The van der Waals surface area contributed by atoms with Crippen molar-refractivity contribution in [3.63, 3.8) is 0 Å². The molecule has 0 saturated carbocycles. The van der Waals surface area contributed by atoms with E-state index in [0.717, 1.165) is 11.3 Å². The van der Waals surface area contributed by atoms with Crippen molar-refractivity contribution in [2.45, 2.75) is 19.2 Å². The Hall–Kier alpha value is -2.34. The molecule has 0 bridgehead atoms. The van der Waals surface area contributed by atoms with Crippen LogP contribution in [0, 0.1) is 6.92 Å². The summed E-state index contributed by atoms with van der Waals surface area (Å²) in [5, 5.41) is 2.93. The molecule has 2 rings (SSSR count). The summed E-state index contributed by atoms with van der Waals surface area (Å²) in [5.41, 5.74) is 3.39. The van der Waals surface area contributed by atoms with Crippen LogP contribution in [0.2, 0.25) is 0 Å². The average molecular weight is 375 g/mol. The second-order valence-electron chi connectivity index (χ2n) is 5.73. The van der Waals surface area contributed by atoms with E-state index in [1.54, 1.807) is 33.1 Å². The lowest BCUT2D eigenvalue weighted by atomic mass is 10.1. The third-order valence-corrected chi connectivity index (χ3v) is 4.95. The largest absolute Gasteiger partial charge is 0.493 e. The van der Waals surface area contributed by atoms with Crippen molar-refractivity contribution in [3.05, 3.63) is 53.1 Å². The molecule has 0 unspecified atom stereocenters. The number of rotatable bonds is 9. The molecule has 0 aliphatic carbocycles. The Bertz CT molecular complexity index is 723.